The van der Waals surface area contributed by atoms with Crippen molar-refractivity contribution < 1.29 is 13.0 Å². The van der Waals surface area contributed by atoms with Crippen molar-refractivity contribution in [1.29, 1.82) is 0 Å². The van der Waals surface area contributed by atoms with E-state index in [4.69, 9.17) is 0 Å². The van der Waals surface area contributed by atoms with Crippen LogP contribution in [0.4, 0.5) is 0 Å². The van der Waals surface area contributed by atoms with Crippen molar-refractivity contribution in [2.75, 3.05) is 5.75 Å². The highest BCUT2D eigenvalue weighted by Crippen LogP contribution is 2.01. The summed E-state index contributed by atoms with van der Waals surface area (Å²) in [5, 5.41) is 7.14. The van der Waals surface area contributed by atoms with Gasteiger partial charge in [0.25, 0.3) is 0 Å². The Balaban J connectivity index is 2.46. The van der Waals surface area contributed by atoms with Crippen LogP contribution in [-0.2, 0) is 16.6 Å². The molecule has 1 rings (SSSR count). The van der Waals surface area contributed by atoms with Crippen molar-refractivity contribution in [1.82, 2.24) is 15.0 Å². The summed E-state index contributed by atoms with van der Waals surface area (Å²) in [6, 6.07) is 0. The number of nitrogens with one attached hydrogen (secondary N) is 1. The molecule has 0 fully saturated rings. The highest BCUT2D eigenvalue weighted by atomic mass is 32.2. The minimum atomic E-state index is -3.20. The minimum Gasteiger partial charge on any atom is -0.244 e. The third-order valence-electron chi connectivity index (χ3n) is 1.97. The second-order valence-electron chi connectivity index (χ2n) is 3.29. The summed E-state index contributed by atoms with van der Waals surface area (Å²) < 4.78 is 29.7. The maximum absolute atomic E-state index is 11.4. The van der Waals surface area contributed by atoms with Crippen molar-refractivity contribution in [3.8, 4) is 0 Å². The Hall–Kier alpha value is -0.950. The molecule has 0 saturated heterocycles. The van der Waals surface area contributed by atoms with Crippen LogP contribution in [0.5, 0.6) is 0 Å². The van der Waals surface area contributed by atoms with Crippen LogP contribution in [0.25, 0.3) is 0 Å². The van der Waals surface area contributed by atoms with Crippen LogP contribution in [0, 0.1) is 6.92 Å². The van der Waals surface area contributed by atoms with Crippen molar-refractivity contribution in [2.45, 2.75) is 33.2 Å². The van der Waals surface area contributed by atoms with Gasteiger partial charge in [-0.05, 0) is 13.3 Å². The van der Waals surface area contributed by atoms with Gasteiger partial charge < -0.3 is 0 Å². The molecule has 0 amide bonds. The molecule has 86 valence electrons. The highest BCUT2D eigenvalue weighted by Gasteiger charge is 2.12. The Bertz CT molecular complexity index is 399. The predicted octanol–water partition coefficient (Wildman–Crippen LogP) is 0.598. The molecule has 1 N–H and O–H groups in total. The van der Waals surface area contributed by atoms with Gasteiger partial charge in [0.1, 0.15) is 11.4 Å². The van der Waals surface area contributed by atoms with Gasteiger partial charge in [-0.1, -0.05) is 23.7 Å². The first-order valence-corrected chi connectivity index (χ1v) is 6.45. The summed E-state index contributed by atoms with van der Waals surface area (Å²) in [5.41, 5.74) is 1.13. The van der Waals surface area contributed by atoms with Crippen LogP contribution in [0.1, 0.15) is 31.2 Å². The van der Waals surface area contributed by atoms with Crippen LogP contribution in [-0.4, -0.2) is 24.5 Å². The zero-order chi connectivity index (χ0) is 11.3. The zero-order valence-electron chi connectivity index (χ0n) is 8.86. The standard InChI is InChI=1S/C8H15N3O3S/c1-3-4-5-15(12,13)9-6-8-7(2)10-14-11-8/h9H,3-6H2,1-2H3. The molecule has 1 aromatic rings. The summed E-state index contributed by atoms with van der Waals surface area (Å²) in [6.07, 6.45) is 1.51. The number of hydrogen-bond donors (Lipinski definition) is 1. The molecule has 1 heterocycles. The fourth-order valence-electron chi connectivity index (χ4n) is 0.995. The molecule has 0 aromatic carbocycles. The van der Waals surface area contributed by atoms with Gasteiger partial charge in [-0.15, -0.1) is 0 Å². The number of unbranched alkanes of at least 4 members (excludes halogenated alkanes) is 1. The monoisotopic (exact) mass is 233 g/mol. The third-order valence-corrected chi connectivity index (χ3v) is 3.38. The SMILES string of the molecule is CCCCS(=O)(=O)NCc1nonc1C. The van der Waals surface area contributed by atoms with E-state index in [0.29, 0.717) is 17.8 Å². The molecule has 0 aliphatic heterocycles. The maximum atomic E-state index is 11.4. The smallest absolute Gasteiger partial charge is 0.211 e. The lowest BCUT2D eigenvalue weighted by molar-refractivity contribution is 0.301. The van der Waals surface area contributed by atoms with Gasteiger partial charge in [-0.3, -0.25) is 0 Å². The summed E-state index contributed by atoms with van der Waals surface area (Å²) in [6.45, 7) is 3.80. The molecule has 1 aromatic heterocycles. The minimum absolute atomic E-state index is 0.140. The second kappa shape index (κ2) is 5.22. The van der Waals surface area contributed by atoms with Gasteiger partial charge in [0.15, 0.2) is 0 Å². The Kier molecular flexibility index (Phi) is 4.22. The lowest BCUT2D eigenvalue weighted by atomic mass is 10.3. The molecule has 0 aliphatic carbocycles. The van der Waals surface area contributed by atoms with Crippen molar-refractivity contribution >= 4 is 10.0 Å². The average molecular weight is 233 g/mol. The summed E-state index contributed by atoms with van der Waals surface area (Å²) >= 11 is 0. The van der Waals surface area contributed by atoms with E-state index in [1.807, 2.05) is 6.92 Å². The molecule has 0 bridgehead atoms. The van der Waals surface area contributed by atoms with E-state index in [2.05, 4.69) is 19.7 Å². The van der Waals surface area contributed by atoms with Crippen LogP contribution >= 0.6 is 0 Å². The molecule has 7 heteroatoms. The maximum Gasteiger partial charge on any atom is 0.211 e. The third kappa shape index (κ3) is 3.96. The van der Waals surface area contributed by atoms with Crippen LogP contribution in [0.3, 0.4) is 0 Å². The van der Waals surface area contributed by atoms with Gasteiger partial charge in [-0.25, -0.2) is 17.8 Å². The number of rotatable bonds is 6. The quantitative estimate of drug-likeness (QED) is 0.777. The van der Waals surface area contributed by atoms with Gasteiger partial charge in [0, 0.05) is 0 Å². The van der Waals surface area contributed by atoms with Crippen LogP contribution in [0.2, 0.25) is 0 Å². The molecule has 0 saturated carbocycles. The molecule has 15 heavy (non-hydrogen) atoms. The van der Waals surface area contributed by atoms with Crippen LogP contribution < -0.4 is 4.72 Å². The van der Waals surface area contributed by atoms with Crippen LogP contribution in [0.15, 0.2) is 4.63 Å². The van der Waals surface area contributed by atoms with Gasteiger partial charge >= 0.3 is 0 Å². The lowest BCUT2D eigenvalue weighted by Crippen LogP contribution is -2.26. The molecule has 6 nitrogen and oxygen atoms in total. The number of aryl methyl sites for hydroxylation is 1. The summed E-state index contributed by atoms with van der Waals surface area (Å²) in [5.74, 6) is 0.147. The largest absolute Gasteiger partial charge is 0.244 e. The first-order valence-electron chi connectivity index (χ1n) is 4.80. The fraction of sp³-hybridized carbons (Fsp3) is 0.750. The first kappa shape index (κ1) is 12.1. The number of sulfonamides is 1. The molecule has 0 spiro atoms. The van der Waals surface area contributed by atoms with E-state index in [-0.39, 0.29) is 12.3 Å². The Morgan fingerprint density at radius 3 is 2.67 bits per heavy atom. The Labute approximate surface area is 89.1 Å². The van der Waals surface area contributed by atoms with Gasteiger partial charge in [-0.2, -0.15) is 0 Å². The Morgan fingerprint density at radius 2 is 2.13 bits per heavy atom. The lowest BCUT2D eigenvalue weighted by Gasteiger charge is -2.03. The predicted molar refractivity (Wildman–Crippen MR) is 54.6 cm³/mol. The second-order valence-corrected chi connectivity index (χ2v) is 5.22. The van der Waals surface area contributed by atoms with E-state index in [9.17, 15) is 8.42 Å². The average Bonchev–Trinajstić information content (AvgIpc) is 2.58. The topological polar surface area (TPSA) is 85.1 Å². The van der Waals surface area contributed by atoms with E-state index < -0.39 is 10.0 Å². The van der Waals surface area contributed by atoms with Crippen molar-refractivity contribution in [3.05, 3.63) is 11.4 Å². The van der Waals surface area contributed by atoms with E-state index >= 15 is 0 Å². The van der Waals surface area contributed by atoms with Gasteiger partial charge in [0.2, 0.25) is 10.0 Å². The number of hydrogen-bond acceptors (Lipinski definition) is 5. The fourth-order valence-corrected chi connectivity index (χ4v) is 2.16. The molecule has 0 unspecified atom stereocenters. The number of aromatic nitrogens is 2. The number of nitrogens with zero attached hydrogens (tertiary/aromatic N) is 2. The summed E-state index contributed by atoms with van der Waals surface area (Å²) in [7, 11) is -3.20. The van der Waals surface area contributed by atoms with Crippen molar-refractivity contribution in [2.24, 2.45) is 0 Å². The Morgan fingerprint density at radius 1 is 1.40 bits per heavy atom. The molecular formula is C8H15N3O3S. The van der Waals surface area contributed by atoms with E-state index in [1.165, 1.54) is 0 Å². The molecular weight excluding hydrogens is 218 g/mol. The molecule has 0 aliphatic rings. The van der Waals surface area contributed by atoms with E-state index in [0.717, 1.165) is 6.42 Å². The first-order chi connectivity index (χ1) is 7.05. The van der Waals surface area contributed by atoms with Crippen molar-refractivity contribution in [3.63, 3.8) is 0 Å². The molecule has 0 radical (unpaired) electrons. The molecule has 0 atom stereocenters. The van der Waals surface area contributed by atoms with E-state index in [1.54, 1.807) is 6.92 Å². The summed E-state index contributed by atoms with van der Waals surface area (Å²) in [4.78, 5) is 0. The van der Waals surface area contributed by atoms with Gasteiger partial charge in [0.05, 0.1) is 12.3 Å². The zero-order valence-corrected chi connectivity index (χ0v) is 9.67. The normalized spacial score (nSPS) is 11.9. The highest BCUT2D eigenvalue weighted by molar-refractivity contribution is 7.89.